The number of anilines is 1. The van der Waals surface area contributed by atoms with Gasteiger partial charge in [-0.1, -0.05) is 6.42 Å². The van der Waals surface area contributed by atoms with Gasteiger partial charge in [0.1, 0.15) is 5.69 Å². The molecule has 1 atom stereocenters. The van der Waals surface area contributed by atoms with Crippen LogP contribution in [-0.4, -0.2) is 9.78 Å². The summed E-state index contributed by atoms with van der Waals surface area (Å²) in [5, 5.41) is 11.7. The Kier molecular flexibility index (Phi) is 4.45. The number of aromatic nitrogens is 2. The smallest absolute Gasteiger partial charge is 0.291 e. The van der Waals surface area contributed by atoms with Crippen molar-refractivity contribution in [1.82, 2.24) is 9.78 Å². The molecule has 3 rings (SSSR count). The number of hydrogen-bond acceptors (Lipinski definition) is 4. The van der Waals surface area contributed by atoms with Crippen LogP contribution < -0.4 is 10.9 Å². The van der Waals surface area contributed by atoms with Crippen molar-refractivity contribution in [3.05, 3.63) is 43.4 Å². The van der Waals surface area contributed by atoms with Gasteiger partial charge < -0.3 is 5.32 Å². The van der Waals surface area contributed by atoms with Gasteiger partial charge >= 0.3 is 0 Å². The van der Waals surface area contributed by atoms with Gasteiger partial charge in [0.15, 0.2) is 0 Å². The molecule has 0 bridgehead atoms. The number of thiophene rings is 1. The largest absolute Gasteiger partial charge is 0.373 e. The van der Waals surface area contributed by atoms with E-state index >= 15 is 0 Å². The lowest BCUT2D eigenvalue weighted by atomic mass is 9.85. The van der Waals surface area contributed by atoms with Crippen molar-refractivity contribution >= 4 is 33.0 Å². The Morgan fingerprint density at radius 3 is 3.00 bits per heavy atom. The summed E-state index contributed by atoms with van der Waals surface area (Å²) >= 11 is 5.10. The first kappa shape index (κ1) is 14.8. The predicted octanol–water partition coefficient (Wildman–Crippen LogP) is 4.04. The highest BCUT2D eigenvalue weighted by Gasteiger charge is 2.20. The van der Waals surface area contributed by atoms with Crippen LogP contribution in [0.1, 0.15) is 37.8 Å². The van der Waals surface area contributed by atoms with E-state index in [9.17, 15) is 4.79 Å². The van der Waals surface area contributed by atoms with Gasteiger partial charge in [-0.25, -0.2) is 4.68 Å². The maximum atomic E-state index is 12.6. The van der Waals surface area contributed by atoms with E-state index in [4.69, 9.17) is 0 Å². The Morgan fingerprint density at radius 2 is 2.38 bits per heavy atom. The van der Waals surface area contributed by atoms with Crippen molar-refractivity contribution in [2.75, 3.05) is 5.32 Å². The zero-order chi connectivity index (χ0) is 14.8. The highest BCUT2D eigenvalue weighted by molar-refractivity contribution is 9.10. The lowest BCUT2D eigenvalue weighted by molar-refractivity contribution is 0.262. The second-order valence-corrected chi connectivity index (χ2v) is 7.21. The molecule has 1 aliphatic rings. The molecule has 1 fully saturated rings. The maximum Gasteiger partial charge on any atom is 0.291 e. The summed E-state index contributed by atoms with van der Waals surface area (Å²) in [7, 11) is 0. The fraction of sp³-hybridized carbons (Fsp3) is 0.467. The molecule has 1 unspecified atom stereocenters. The van der Waals surface area contributed by atoms with Gasteiger partial charge in [-0.15, -0.1) is 0 Å². The van der Waals surface area contributed by atoms with E-state index in [0.717, 1.165) is 11.0 Å². The van der Waals surface area contributed by atoms with Crippen LogP contribution in [0.2, 0.25) is 0 Å². The highest BCUT2D eigenvalue weighted by Crippen LogP contribution is 2.28. The SMILES string of the molecule is CC(Nc1c(Br)cnn(CC2CCC2)c1=O)c1ccsc1. The average Bonchev–Trinajstić information content (AvgIpc) is 2.94. The molecule has 4 nitrogen and oxygen atoms in total. The van der Waals surface area contributed by atoms with Crippen LogP contribution in [0.3, 0.4) is 0 Å². The average molecular weight is 368 g/mol. The van der Waals surface area contributed by atoms with E-state index in [-0.39, 0.29) is 11.6 Å². The zero-order valence-electron chi connectivity index (χ0n) is 11.9. The van der Waals surface area contributed by atoms with Crippen LogP contribution in [0, 0.1) is 5.92 Å². The summed E-state index contributed by atoms with van der Waals surface area (Å²) in [6.45, 7) is 2.79. The van der Waals surface area contributed by atoms with Crippen molar-refractivity contribution in [3.63, 3.8) is 0 Å². The van der Waals surface area contributed by atoms with Crippen molar-refractivity contribution in [1.29, 1.82) is 0 Å². The fourth-order valence-electron chi connectivity index (χ4n) is 2.47. The van der Waals surface area contributed by atoms with Crippen LogP contribution in [0.4, 0.5) is 5.69 Å². The van der Waals surface area contributed by atoms with Crippen LogP contribution in [0.5, 0.6) is 0 Å². The molecule has 0 spiro atoms. The number of rotatable bonds is 5. The van der Waals surface area contributed by atoms with E-state index in [1.807, 2.05) is 5.38 Å². The number of nitrogens with one attached hydrogen (secondary N) is 1. The number of hydrogen-bond donors (Lipinski definition) is 1. The lowest BCUT2D eigenvalue weighted by Gasteiger charge is -2.25. The first-order valence-electron chi connectivity index (χ1n) is 7.19. The Labute approximate surface area is 136 Å². The molecular weight excluding hydrogens is 350 g/mol. The van der Waals surface area contributed by atoms with Gasteiger partial charge in [0.25, 0.3) is 5.56 Å². The van der Waals surface area contributed by atoms with E-state index in [1.165, 1.54) is 24.8 Å². The van der Waals surface area contributed by atoms with Crippen molar-refractivity contribution in [3.8, 4) is 0 Å². The molecular formula is C15H18BrN3OS. The topological polar surface area (TPSA) is 46.9 Å². The molecule has 1 N–H and O–H groups in total. The minimum atomic E-state index is -0.0432. The van der Waals surface area contributed by atoms with Crippen molar-refractivity contribution in [2.45, 2.75) is 38.8 Å². The minimum Gasteiger partial charge on any atom is -0.373 e. The number of nitrogens with zero attached hydrogens (tertiary/aromatic N) is 2. The molecule has 1 saturated carbocycles. The molecule has 2 aromatic heterocycles. The third-order valence-corrected chi connectivity index (χ3v) is 5.36. The van der Waals surface area contributed by atoms with Gasteiger partial charge in [-0.05, 0) is 64.0 Å². The van der Waals surface area contributed by atoms with Crippen LogP contribution >= 0.6 is 27.3 Å². The van der Waals surface area contributed by atoms with Crippen LogP contribution in [-0.2, 0) is 6.54 Å². The molecule has 1 aliphatic carbocycles. The molecule has 6 heteroatoms. The summed E-state index contributed by atoms with van der Waals surface area (Å²) in [5.74, 6) is 0.610. The third-order valence-electron chi connectivity index (χ3n) is 4.06. The monoisotopic (exact) mass is 367 g/mol. The molecule has 112 valence electrons. The van der Waals surface area contributed by atoms with Crippen molar-refractivity contribution < 1.29 is 0 Å². The fourth-order valence-corrected chi connectivity index (χ4v) is 3.60. The second kappa shape index (κ2) is 6.32. The standard InChI is InChI=1S/C15H18BrN3OS/c1-10(12-5-6-21-9-12)18-14-13(16)7-17-19(15(14)20)8-11-3-2-4-11/h5-7,9-11,18H,2-4,8H2,1H3. The molecule has 0 amide bonds. The Bertz CT molecular complexity index is 664. The number of halogens is 1. The van der Waals surface area contributed by atoms with E-state index in [1.54, 1.807) is 22.2 Å². The van der Waals surface area contributed by atoms with E-state index in [0.29, 0.717) is 11.6 Å². The van der Waals surface area contributed by atoms with Crippen molar-refractivity contribution in [2.24, 2.45) is 5.92 Å². The van der Waals surface area contributed by atoms with Crippen LogP contribution in [0.25, 0.3) is 0 Å². The van der Waals surface area contributed by atoms with Crippen LogP contribution in [0.15, 0.2) is 32.3 Å². The van der Waals surface area contributed by atoms with Gasteiger partial charge in [-0.2, -0.15) is 16.4 Å². The first-order chi connectivity index (χ1) is 10.1. The van der Waals surface area contributed by atoms with Gasteiger partial charge in [-0.3, -0.25) is 4.79 Å². The van der Waals surface area contributed by atoms with Gasteiger partial charge in [0.2, 0.25) is 0 Å². The zero-order valence-corrected chi connectivity index (χ0v) is 14.3. The molecule has 2 aromatic rings. The predicted molar refractivity (Wildman–Crippen MR) is 89.9 cm³/mol. The highest BCUT2D eigenvalue weighted by atomic mass is 79.9. The summed E-state index contributed by atoms with van der Waals surface area (Å²) in [6, 6.07) is 2.17. The summed E-state index contributed by atoms with van der Waals surface area (Å²) in [4.78, 5) is 12.6. The van der Waals surface area contributed by atoms with E-state index < -0.39 is 0 Å². The molecule has 0 aliphatic heterocycles. The normalized spacial score (nSPS) is 16.5. The van der Waals surface area contributed by atoms with Gasteiger partial charge in [0, 0.05) is 12.6 Å². The van der Waals surface area contributed by atoms with Gasteiger partial charge in [0.05, 0.1) is 10.7 Å². The van der Waals surface area contributed by atoms with E-state index in [2.05, 4.69) is 44.7 Å². The minimum absolute atomic E-state index is 0.0432. The Balaban J connectivity index is 1.83. The Morgan fingerprint density at radius 1 is 1.57 bits per heavy atom. The maximum absolute atomic E-state index is 12.6. The molecule has 0 aromatic carbocycles. The second-order valence-electron chi connectivity index (χ2n) is 5.57. The summed E-state index contributed by atoms with van der Waals surface area (Å²) in [6.07, 6.45) is 5.40. The first-order valence-corrected chi connectivity index (χ1v) is 8.93. The quantitative estimate of drug-likeness (QED) is 0.867. The Hall–Kier alpha value is -1.14. The molecule has 2 heterocycles. The summed E-state index contributed by atoms with van der Waals surface area (Å²) in [5.41, 5.74) is 1.75. The molecule has 0 radical (unpaired) electrons. The summed E-state index contributed by atoms with van der Waals surface area (Å²) < 4.78 is 2.32. The molecule has 21 heavy (non-hydrogen) atoms. The molecule has 0 saturated heterocycles. The lowest BCUT2D eigenvalue weighted by Crippen LogP contribution is -2.31. The third kappa shape index (κ3) is 3.21.